The first-order valence-corrected chi connectivity index (χ1v) is 12.7. The molecule has 0 spiro atoms. The summed E-state index contributed by atoms with van der Waals surface area (Å²) in [6.07, 6.45) is 12.0. The molecule has 0 aromatic rings. The summed E-state index contributed by atoms with van der Waals surface area (Å²) in [5.41, 5.74) is 5.45. The van der Waals surface area contributed by atoms with Gasteiger partial charge in [-0.3, -0.25) is 0 Å². The Bertz CT molecular complexity index is 732. The fourth-order valence-corrected chi connectivity index (χ4v) is 8.60. The molecule has 8 atom stereocenters. The molecule has 0 radical (unpaired) electrons. The highest BCUT2D eigenvalue weighted by molar-refractivity contribution is 5.37. The van der Waals surface area contributed by atoms with E-state index < -0.39 is 0 Å². The van der Waals surface area contributed by atoms with Crippen LogP contribution in [0.4, 0.5) is 0 Å². The van der Waals surface area contributed by atoms with Crippen molar-refractivity contribution < 1.29 is 14.6 Å². The monoisotopic (exact) mass is 414 g/mol. The number of hydrogen-bond donors (Lipinski definition) is 1. The molecule has 3 heteroatoms. The third kappa shape index (κ3) is 3.02. The second kappa shape index (κ2) is 7.74. The normalized spacial score (nSPS) is 48.6. The van der Waals surface area contributed by atoms with Crippen LogP contribution in [-0.2, 0) is 9.47 Å². The van der Waals surface area contributed by atoms with Crippen LogP contribution in [0.3, 0.4) is 0 Å². The molecule has 30 heavy (non-hydrogen) atoms. The first kappa shape index (κ1) is 21.2. The van der Waals surface area contributed by atoms with Gasteiger partial charge in [-0.1, -0.05) is 44.9 Å². The molecule has 2 saturated carbocycles. The number of ether oxygens (including phenoxy) is 2. The van der Waals surface area contributed by atoms with Crippen molar-refractivity contribution in [2.75, 3.05) is 19.8 Å². The van der Waals surface area contributed by atoms with E-state index >= 15 is 0 Å². The van der Waals surface area contributed by atoms with Crippen LogP contribution in [0.25, 0.3) is 0 Å². The van der Waals surface area contributed by atoms with Gasteiger partial charge in [0, 0.05) is 0 Å². The maximum Gasteiger partial charge on any atom is 0.103 e. The fourth-order valence-electron chi connectivity index (χ4n) is 8.60. The lowest BCUT2D eigenvalue weighted by molar-refractivity contribution is -0.0934. The smallest absolute Gasteiger partial charge is 0.103 e. The van der Waals surface area contributed by atoms with Crippen molar-refractivity contribution in [1.29, 1.82) is 0 Å². The lowest BCUT2D eigenvalue weighted by atomic mass is 9.45. The van der Waals surface area contributed by atoms with E-state index in [9.17, 15) is 5.11 Å². The van der Waals surface area contributed by atoms with Gasteiger partial charge in [0.2, 0.25) is 0 Å². The van der Waals surface area contributed by atoms with Gasteiger partial charge in [-0.25, -0.2) is 0 Å². The second-order valence-electron chi connectivity index (χ2n) is 11.3. The highest BCUT2D eigenvalue weighted by Gasteiger charge is 2.60. The maximum absolute atomic E-state index is 10.4. The summed E-state index contributed by atoms with van der Waals surface area (Å²) in [6.45, 7) is 12.1. The summed E-state index contributed by atoms with van der Waals surface area (Å²) in [7, 11) is 0. The number of aliphatic hydroxyl groups is 1. The molecule has 3 fully saturated rings. The predicted molar refractivity (Wildman–Crippen MR) is 120 cm³/mol. The second-order valence-corrected chi connectivity index (χ2v) is 11.3. The van der Waals surface area contributed by atoms with Gasteiger partial charge >= 0.3 is 0 Å². The van der Waals surface area contributed by atoms with Gasteiger partial charge in [0.15, 0.2) is 0 Å². The molecule has 3 unspecified atom stereocenters. The molecule has 1 heterocycles. The molecular formula is C27H42O3. The first-order chi connectivity index (χ1) is 14.4. The SMILES string of the molecule is CCC1=C(C2COCCO2)[C@@]2(C)CC[C@@H]3[C@@H](C(CC)C=C4CC(O)CC[C@@]43C)[C@@H]2C1. The first-order valence-electron chi connectivity index (χ1n) is 12.7. The van der Waals surface area contributed by atoms with Crippen molar-refractivity contribution in [3.63, 3.8) is 0 Å². The largest absolute Gasteiger partial charge is 0.393 e. The van der Waals surface area contributed by atoms with Crippen molar-refractivity contribution >= 4 is 0 Å². The zero-order chi connectivity index (χ0) is 21.1. The molecule has 3 nitrogen and oxygen atoms in total. The topological polar surface area (TPSA) is 38.7 Å². The molecule has 1 N–H and O–H groups in total. The zero-order valence-electron chi connectivity index (χ0n) is 19.6. The Balaban J connectivity index is 1.53. The lowest BCUT2D eigenvalue weighted by Gasteiger charge is -2.60. The van der Waals surface area contributed by atoms with E-state index in [1.807, 2.05) is 0 Å². The van der Waals surface area contributed by atoms with Crippen molar-refractivity contribution in [2.24, 2.45) is 34.5 Å². The molecule has 0 bridgehead atoms. The Labute approximate surface area is 183 Å². The van der Waals surface area contributed by atoms with E-state index in [4.69, 9.17) is 9.47 Å². The highest BCUT2D eigenvalue weighted by Crippen LogP contribution is 2.68. The third-order valence-corrected chi connectivity index (χ3v) is 10.1. The van der Waals surface area contributed by atoms with E-state index in [-0.39, 0.29) is 17.6 Å². The number of fused-ring (bicyclic) bond motifs is 5. The Kier molecular flexibility index (Phi) is 5.48. The minimum atomic E-state index is -0.123. The van der Waals surface area contributed by atoms with Gasteiger partial charge in [-0.15, -0.1) is 0 Å². The quantitative estimate of drug-likeness (QED) is 0.604. The summed E-state index contributed by atoms with van der Waals surface area (Å²) in [6, 6.07) is 0. The van der Waals surface area contributed by atoms with Gasteiger partial charge in [0.05, 0.1) is 25.9 Å². The van der Waals surface area contributed by atoms with Gasteiger partial charge in [-0.05, 0) is 91.4 Å². The molecule has 1 saturated heterocycles. The van der Waals surface area contributed by atoms with Crippen molar-refractivity contribution in [3.8, 4) is 0 Å². The molecule has 0 aromatic carbocycles. The van der Waals surface area contributed by atoms with Crippen LogP contribution in [0.1, 0.15) is 79.1 Å². The van der Waals surface area contributed by atoms with Gasteiger partial charge in [0.25, 0.3) is 0 Å². The van der Waals surface area contributed by atoms with Crippen LogP contribution in [-0.4, -0.2) is 37.1 Å². The number of hydrogen-bond acceptors (Lipinski definition) is 3. The average molecular weight is 415 g/mol. The van der Waals surface area contributed by atoms with Crippen molar-refractivity contribution in [1.82, 2.24) is 0 Å². The van der Waals surface area contributed by atoms with Crippen LogP contribution < -0.4 is 0 Å². The van der Waals surface area contributed by atoms with Crippen LogP contribution in [0.2, 0.25) is 0 Å². The molecule has 168 valence electrons. The molecule has 4 aliphatic carbocycles. The number of rotatable bonds is 3. The Morgan fingerprint density at radius 3 is 2.53 bits per heavy atom. The lowest BCUT2D eigenvalue weighted by Crippen LogP contribution is -2.53. The summed E-state index contributed by atoms with van der Waals surface area (Å²) in [4.78, 5) is 0. The Morgan fingerprint density at radius 2 is 1.83 bits per heavy atom. The molecule has 5 rings (SSSR count). The van der Waals surface area contributed by atoms with Gasteiger partial charge in [-0.2, -0.15) is 0 Å². The summed E-state index contributed by atoms with van der Waals surface area (Å²) in [5.74, 6) is 2.93. The number of aliphatic hydroxyl groups excluding tert-OH is 1. The predicted octanol–water partition coefficient (Wildman–Crippen LogP) is 5.68. The standard InChI is InChI=1S/C27H42O3/c1-5-17-13-19-15-20(28)7-9-26(19,3)21-8-10-27(4)22(24(17)21)14-18(6-2)25(27)23-16-29-11-12-30-23/h13,17,20-24,28H,5-12,14-16H2,1-4H3/t17?,20?,21-,22+,23?,24-,26+,27+/m1/s1. The fraction of sp³-hybridized carbons (Fsp3) is 0.852. The highest BCUT2D eigenvalue weighted by atomic mass is 16.6. The van der Waals surface area contributed by atoms with Crippen LogP contribution in [0, 0.1) is 34.5 Å². The van der Waals surface area contributed by atoms with E-state index in [0.29, 0.717) is 11.3 Å². The summed E-state index contributed by atoms with van der Waals surface area (Å²) >= 11 is 0. The van der Waals surface area contributed by atoms with Crippen LogP contribution in [0.15, 0.2) is 22.8 Å². The molecule has 5 aliphatic rings. The van der Waals surface area contributed by atoms with Gasteiger partial charge in [0.1, 0.15) is 6.10 Å². The summed E-state index contributed by atoms with van der Waals surface area (Å²) < 4.78 is 12.2. The maximum atomic E-state index is 10.4. The minimum Gasteiger partial charge on any atom is -0.393 e. The third-order valence-electron chi connectivity index (χ3n) is 10.1. The van der Waals surface area contributed by atoms with Crippen molar-refractivity contribution in [2.45, 2.75) is 91.3 Å². The number of allylic oxidation sites excluding steroid dienone is 2. The van der Waals surface area contributed by atoms with Crippen LogP contribution >= 0.6 is 0 Å². The Morgan fingerprint density at radius 1 is 1.03 bits per heavy atom. The Hall–Kier alpha value is -0.640. The molecule has 1 aliphatic heterocycles. The summed E-state index contributed by atoms with van der Waals surface area (Å²) in [5, 5.41) is 10.4. The zero-order valence-corrected chi connectivity index (χ0v) is 19.6. The molecular weight excluding hydrogens is 372 g/mol. The van der Waals surface area contributed by atoms with E-state index in [1.54, 1.807) is 16.7 Å². The molecule has 0 amide bonds. The minimum absolute atomic E-state index is 0.123. The van der Waals surface area contributed by atoms with Crippen LogP contribution in [0.5, 0.6) is 0 Å². The van der Waals surface area contributed by atoms with E-state index in [2.05, 4.69) is 33.8 Å². The molecule has 0 aromatic heterocycles. The van der Waals surface area contributed by atoms with Gasteiger partial charge < -0.3 is 14.6 Å². The average Bonchev–Trinajstić information content (AvgIpc) is 3.06. The van der Waals surface area contributed by atoms with E-state index in [0.717, 1.165) is 56.8 Å². The van der Waals surface area contributed by atoms with E-state index in [1.165, 1.54) is 32.1 Å². The van der Waals surface area contributed by atoms with Crippen molar-refractivity contribution in [3.05, 3.63) is 22.8 Å².